The van der Waals surface area contributed by atoms with Crippen LogP contribution in [0, 0.1) is 5.41 Å². The fraction of sp³-hybridized carbons (Fsp3) is 1.00. The fourth-order valence-electron chi connectivity index (χ4n) is 1.27. The van der Waals surface area contributed by atoms with Gasteiger partial charge in [0.1, 0.15) is 0 Å². The molecule has 0 radical (unpaired) electrons. The highest BCUT2D eigenvalue weighted by atomic mass is 15.1. The van der Waals surface area contributed by atoms with Crippen molar-refractivity contribution in [2.45, 2.75) is 12.8 Å². The Balaban J connectivity index is 2.25. The minimum absolute atomic E-state index is 0.517. The quantitative estimate of drug-likeness (QED) is 0.592. The number of rotatable bonds is 3. The zero-order valence-electron chi connectivity index (χ0n) is 6.35. The monoisotopic (exact) mass is 128 g/mol. The third-order valence-corrected chi connectivity index (χ3v) is 2.04. The van der Waals surface area contributed by atoms with E-state index in [9.17, 15) is 0 Å². The largest absolute Gasteiger partial charge is 0.330 e. The van der Waals surface area contributed by atoms with E-state index in [1.54, 1.807) is 0 Å². The molecule has 0 aliphatic heterocycles. The number of hydrogen-bond donors (Lipinski definition) is 1. The molecule has 54 valence electrons. The van der Waals surface area contributed by atoms with E-state index in [-0.39, 0.29) is 0 Å². The highest BCUT2D eigenvalue weighted by Crippen LogP contribution is 2.44. The zero-order valence-corrected chi connectivity index (χ0v) is 6.35. The maximum atomic E-state index is 5.59. The van der Waals surface area contributed by atoms with Gasteiger partial charge < -0.3 is 10.6 Å². The summed E-state index contributed by atoms with van der Waals surface area (Å²) >= 11 is 0. The third kappa shape index (κ3) is 1.66. The van der Waals surface area contributed by atoms with Crippen LogP contribution in [0.2, 0.25) is 0 Å². The Morgan fingerprint density at radius 2 is 2.00 bits per heavy atom. The van der Waals surface area contributed by atoms with Crippen molar-refractivity contribution in [1.82, 2.24) is 4.90 Å². The van der Waals surface area contributed by atoms with E-state index < -0.39 is 0 Å². The Kier molecular flexibility index (Phi) is 1.78. The van der Waals surface area contributed by atoms with Crippen molar-refractivity contribution < 1.29 is 0 Å². The molecule has 0 bridgehead atoms. The molecule has 1 fully saturated rings. The van der Waals surface area contributed by atoms with Gasteiger partial charge in [-0.05, 0) is 38.9 Å². The number of hydrogen-bond acceptors (Lipinski definition) is 2. The topological polar surface area (TPSA) is 29.3 Å². The van der Waals surface area contributed by atoms with Crippen LogP contribution in [-0.4, -0.2) is 32.1 Å². The highest BCUT2D eigenvalue weighted by molar-refractivity contribution is 4.95. The summed E-state index contributed by atoms with van der Waals surface area (Å²) in [5.74, 6) is 0. The maximum absolute atomic E-state index is 5.59. The van der Waals surface area contributed by atoms with E-state index in [2.05, 4.69) is 19.0 Å². The predicted octanol–water partition coefficient (Wildman–Crippen LogP) is 0.287. The van der Waals surface area contributed by atoms with Gasteiger partial charge in [0.05, 0.1) is 0 Å². The second-order valence-corrected chi connectivity index (χ2v) is 3.44. The Hall–Kier alpha value is -0.0800. The molecule has 1 aliphatic carbocycles. The third-order valence-electron chi connectivity index (χ3n) is 2.04. The molecule has 0 aromatic carbocycles. The number of nitrogens with zero attached hydrogens (tertiary/aromatic N) is 1. The van der Waals surface area contributed by atoms with E-state index in [0.29, 0.717) is 5.41 Å². The van der Waals surface area contributed by atoms with E-state index in [0.717, 1.165) is 6.54 Å². The minimum atomic E-state index is 0.517. The molecule has 9 heavy (non-hydrogen) atoms. The lowest BCUT2D eigenvalue weighted by atomic mass is 10.1. The second-order valence-electron chi connectivity index (χ2n) is 3.44. The normalized spacial score (nSPS) is 22.7. The molecule has 0 atom stereocenters. The van der Waals surface area contributed by atoms with E-state index >= 15 is 0 Å². The average molecular weight is 128 g/mol. The molecule has 0 saturated heterocycles. The average Bonchev–Trinajstić information content (AvgIpc) is 2.48. The van der Waals surface area contributed by atoms with Crippen LogP contribution in [0.25, 0.3) is 0 Å². The molecule has 0 spiro atoms. The lowest BCUT2D eigenvalue weighted by Gasteiger charge is -2.17. The van der Waals surface area contributed by atoms with E-state index in [1.807, 2.05) is 0 Å². The molecule has 1 rings (SSSR count). The standard InChI is InChI=1S/C7H16N2/c1-9(2)6-7(5-8)3-4-7/h3-6,8H2,1-2H3. The molecule has 2 N–H and O–H groups in total. The molecule has 2 heteroatoms. The smallest absolute Gasteiger partial charge is 0.00440 e. The van der Waals surface area contributed by atoms with Crippen LogP contribution < -0.4 is 5.73 Å². The molecule has 1 aliphatic rings. The first-order chi connectivity index (χ1) is 4.18. The van der Waals surface area contributed by atoms with Gasteiger partial charge >= 0.3 is 0 Å². The van der Waals surface area contributed by atoms with Crippen molar-refractivity contribution in [2.75, 3.05) is 27.2 Å². The highest BCUT2D eigenvalue weighted by Gasteiger charge is 2.41. The SMILES string of the molecule is CN(C)CC1(CN)CC1. The van der Waals surface area contributed by atoms with Gasteiger partial charge in [-0.15, -0.1) is 0 Å². The van der Waals surface area contributed by atoms with Gasteiger partial charge in [0.2, 0.25) is 0 Å². The molecule has 0 unspecified atom stereocenters. The molecule has 0 aromatic rings. The summed E-state index contributed by atoms with van der Waals surface area (Å²) in [6.07, 6.45) is 2.67. The Labute approximate surface area is 57.0 Å². The first-order valence-electron chi connectivity index (χ1n) is 3.53. The van der Waals surface area contributed by atoms with Gasteiger partial charge in [0, 0.05) is 6.54 Å². The maximum Gasteiger partial charge on any atom is 0.00440 e. The van der Waals surface area contributed by atoms with Crippen molar-refractivity contribution >= 4 is 0 Å². The Morgan fingerprint density at radius 1 is 1.44 bits per heavy atom. The summed E-state index contributed by atoms with van der Waals surface area (Å²) in [5, 5.41) is 0. The summed E-state index contributed by atoms with van der Waals surface area (Å²) in [6.45, 7) is 2.04. The van der Waals surface area contributed by atoms with Gasteiger partial charge in [-0.1, -0.05) is 0 Å². The molecule has 0 heterocycles. The predicted molar refractivity (Wildman–Crippen MR) is 39.3 cm³/mol. The summed E-state index contributed by atoms with van der Waals surface area (Å²) < 4.78 is 0. The van der Waals surface area contributed by atoms with Crippen LogP contribution in [0.15, 0.2) is 0 Å². The van der Waals surface area contributed by atoms with Crippen LogP contribution in [0.5, 0.6) is 0 Å². The van der Waals surface area contributed by atoms with Gasteiger partial charge in [0.15, 0.2) is 0 Å². The first kappa shape index (κ1) is 7.03. The zero-order chi connectivity index (χ0) is 6.91. The summed E-state index contributed by atoms with van der Waals surface area (Å²) in [7, 11) is 4.21. The van der Waals surface area contributed by atoms with Crippen LogP contribution in [0.3, 0.4) is 0 Å². The van der Waals surface area contributed by atoms with Crippen LogP contribution in [0.4, 0.5) is 0 Å². The molecule has 0 amide bonds. The van der Waals surface area contributed by atoms with Gasteiger partial charge in [-0.2, -0.15) is 0 Å². The first-order valence-corrected chi connectivity index (χ1v) is 3.53. The van der Waals surface area contributed by atoms with Gasteiger partial charge in [-0.25, -0.2) is 0 Å². The summed E-state index contributed by atoms with van der Waals surface area (Å²) in [5.41, 5.74) is 6.11. The van der Waals surface area contributed by atoms with Crippen LogP contribution in [-0.2, 0) is 0 Å². The minimum Gasteiger partial charge on any atom is -0.330 e. The van der Waals surface area contributed by atoms with Crippen molar-refractivity contribution in [3.05, 3.63) is 0 Å². The lowest BCUT2D eigenvalue weighted by molar-refractivity contribution is 0.314. The van der Waals surface area contributed by atoms with Crippen LogP contribution >= 0.6 is 0 Å². The van der Waals surface area contributed by atoms with Crippen molar-refractivity contribution in [3.63, 3.8) is 0 Å². The molecule has 0 aromatic heterocycles. The number of nitrogens with two attached hydrogens (primary N) is 1. The summed E-state index contributed by atoms with van der Waals surface area (Å²) in [6, 6.07) is 0. The van der Waals surface area contributed by atoms with Crippen molar-refractivity contribution in [1.29, 1.82) is 0 Å². The van der Waals surface area contributed by atoms with E-state index in [4.69, 9.17) is 5.73 Å². The fourth-order valence-corrected chi connectivity index (χ4v) is 1.27. The Morgan fingerprint density at radius 3 is 2.11 bits per heavy atom. The van der Waals surface area contributed by atoms with E-state index in [1.165, 1.54) is 19.4 Å². The molecule has 2 nitrogen and oxygen atoms in total. The van der Waals surface area contributed by atoms with Crippen LogP contribution in [0.1, 0.15) is 12.8 Å². The molecule has 1 saturated carbocycles. The van der Waals surface area contributed by atoms with Gasteiger partial charge in [-0.3, -0.25) is 0 Å². The molecular weight excluding hydrogens is 112 g/mol. The van der Waals surface area contributed by atoms with Gasteiger partial charge in [0.25, 0.3) is 0 Å². The Bertz CT molecular complexity index is 95.1. The van der Waals surface area contributed by atoms with Crippen molar-refractivity contribution in [3.8, 4) is 0 Å². The summed E-state index contributed by atoms with van der Waals surface area (Å²) in [4.78, 5) is 2.22. The van der Waals surface area contributed by atoms with Crippen molar-refractivity contribution in [2.24, 2.45) is 11.1 Å². The second kappa shape index (κ2) is 2.27. The molecular formula is C7H16N2. The lowest BCUT2D eigenvalue weighted by Crippen LogP contribution is -2.28.